The Morgan fingerprint density at radius 2 is 2.39 bits per heavy atom. The topological polar surface area (TPSA) is 51.4 Å². The number of aromatic nitrogens is 1. The maximum absolute atomic E-state index is 6.12. The molecule has 0 bridgehead atoms. The van der Waals surface area contributed by atoms with Gasteiger partial charge in [-0.25, -0.2) is 0 Å². The number of nitrogens with zero attached hydrogens (tertiary/aromatic N) is 2. The molecule has 0 spiro atoms. The molecule has 1 aliphatic heterocycles. The van der Waals surface area contributed by atoms with E-state index in [2.05, 4.69) is 16.9 Å². The maximum Gasteiger partial charge on any atom is 0.0702 e. The van der Waals surface area contributed by atoms with Crippen molar-refractivity contribution in [2.75, 3.05) is 20.2 Å². The Hall–Kier alpha value is -0.970. The smallest absolute Gasteiger partial charge is 0.0702 e. The second-order valence-electron chi connectivity index (χ2n) is 5.13. The first-order valence-electron chi connectivity index (χ1n) is 6.67. The third-order valence-electron chi connectivity index (χ3n) is 3.48. The molecule has 0 saturated carbocycles. The summed E-state index contributed by atoms with van der Waals surface area (Å²) in [6, 6.07) is 6.18. The average molecular weight is 249 g/mol. The molecular formula is C14H23N3O. The van der Waals surface area contributed by atoms with Gasteiger partial charge in [0.25, 0.3) is 0 Å². The van der Waals surface area contributed by atoms with E-state index in [1.807, 2.05) is 31.3 Å². The van der Waals surface area contributed by atoms with Crippen molar-refractivity contribution in [1.29, 1.82) is 0 Å². The summed E-state index contributed by atoms with van der Waals surface area (Å²) in [4.78, 5) is 6.70. The second kappa shape index (κ2) is 6.27. The molecule has 0 radical (unpaired) electrons. The van der Waals surface area contributed by atoms with Crippen LogP contribution in [-0.2, 0) is 4.74 Å². The fourth-order valence-electron chi connectivity index (χ4n) is 2.67. The molecule has 3 atom stereocenters. The highest BCUT2D eigenvalue weighted by Gasteiger charge is 2.26. The third kappa shape index (κ3) is 3.28. The third-order valence-corrected chi connectivity index (χ3v) is 3.48. The molecule has 1 aromatic rings. The first-order valence-corrected chi connectivity index (χ1v) is 6.67. The van der Waals surface area contributed by atoms with Crippen molar-refractivity contribution in [2.45, 2.75) is 38.0 Å². The van der Waals surface area contributed by atoms with Crippen LogP contribution in [0.1, 0.15) is 31.5 Å². The maximum atomic E-state index is 6.12. The molecule has 18 heavy (non-hydrogen) atoms. The molecule has 2 heterocycles. The molecule has 1 aromatic heterocycles. The van der Waals surface area contributed by atoms with E-state index in [1.54, 1.807) is 0 Å². The number of hydrogen-bond donors (Lipinski definition) is 1. The summed E-state index contributed by atoms with van der Waals surface area (Å²) in [6.45, 7) is 3.85. The standard InChI is InChI=1S/C14H23N3O/c1-11(15)14(13-7-3-4-8-16-13)17(2)10-12-6-5-9-18-12/h3-4,7-8,11-12,14H,5-6,9-10,15H2,1-2H3. The average Bonchev–Trinajstić information content (AvgIpc) is 2.83. The van der Waals surface area contributed by atoms with Gasteiger partial charge >= 0.3 is 0 Å². The number of likely N-dealkylation sites (N-methyl/N-ethyl adjacent to an activating group) is 1. The largest absolute Gasteiger partial charge is 0.377 e. The Balaban J connectivity index is 2.05. The normalized spacial score (nSPS) is 23.2. The van der Waals surface area contributed by atoms with Crippen LogP contribution in [0.5, 0.6) is 0 Å². The van der Waals surface area contributed by atoms with Gasteiger partial charge in [0.15, 0.2) is 0 Å². The number of pyridine rings is 1. The Morgan fingerprint density at radius 3 is 2.94 bits per heavy atom. The molecule has 4 heteroatoms. The van der Waals surface area contributed by atoms with Gasteiger partial charge in [-0.1, -0.05) is 6.07 Å². The SMILES string of the molecule is CC(N)C(c1ccccn1)N(C)CC1CCCO1. The van der Waals surface area contributed by atoms with Crippen molar-refractivity contribution >= 4 is 0 Å². The highest BCUT2D eigenvalue weighted by molar-refractivity contribution is 5.11. The van der Waals surface area contributed by atoms with Gasteiger partial charge in [-0.3, -0.25) is 9.88 Å². The Labute approximate surface area is 109 Å². The van der Waals surface area contributed by atoms with Gasteiger partial charge in [0, 0.05) is 25.4 Å². The van der Waals surface area contributed by atoms with Crippen LogP contribution in [0, 0.1) is 0 Å². The lowest BCUT2D eigenvalue weighted by Gasteiger charge is -2.32. The molecular weight excluding hydrogens is 226 g/mol. The van der Waals surface area contributed by atoms with E-state index in [-0.39, 0.29) is 12.1 Å². The van der Waals surface area contributed by atoms with Crippen LogP contribution in [0.2, 0.25) is 0 Å². The lowest BCUT2D eigenvalue weighted by Crippen LogP contribution is -2.41. The summed E-state index contributed by atoms with van der Waals surface area (Å²) in [5.41, 5.74) is 7.16. The molecule has 1 saturated heterocycles. The highest BCUT2D eigenvalue weighted by Crippen LogP contribution is 2.22. The first kappa shape index (κ1) is 13.5. The molecule has 0 aromatic carbocycles. The van der Waals surface area contributed by atoms with E-state index < -0.39 is 0 Å². The number of rotatable bonds is 5. The molecule has 100 valence electrons. The molecule has 1 aliphatic rings. The van der Waals surface area contributed by atoms with E-state index >= 15 is 0 Å². The van der Waals surface area contributed by atoms with E-state index in [1.165, 1.54) is 6.42 Å². The van der Waals surface area contributed by atoms with Gasteiger partial charge in [-0.15, -0.1) is 0 Å². The number of ether oxygens (including phenoxy) is 1. The van der Waals surface area contributed by atoms with Crippen LogP contribution in [0.25, 0.3) is 0 Å². The minimum atomic E-state index is 0.0475. The van der Waals surface area contributed by atoms with Gasteiger partial charge in [0.2, 0.25) is 0 Å². The van der Waals surface area contributed by atoms with Crippen molar-refractivity contribution in [1.82, 2.24) is 9.88 Å². The first-order chi connectivity index (χ1) is 8.68. The van der Waals surface area contributed by atoms with Crippen molar-refractivity contribution in [2.24, 2.45) is 5.73 Å². The Morgan fingerprint density at radius 1 is 1.56 bits per heavy atom. The lowest BCUT2D eigenvalue weighted by molar-refractivity contribution is 0.0635. The van der Waals surface area contributed by atoms with Gasteiger partial charge in [0.05, 0.1) is 17.8 Å². The summed E-state index contributed by atoms with van der Waals surface area (Å²) in [7, 11) is 2.10. The van der Waals surface area contributed by atoms with E-state index in [9.17, 15) is 0 Å². The summed E-state index contributed by atoms with van der Waals surface area (Å²) >= 11 is 0. The summed E-state index contributed by atoms with van der Waals surface area (Å²) in [6.07, 6.45) is 4.49. The molecule has 0 amide bonds. The van der Waals surface area contributed by atoms with Crippen LogP contribution in [-0.4, -0.2) is 42.2 Å². The predicted octanol–water partition coefficient (Wildman–Crippen LogP) is 1.58. The van der Waals surface area contributed by atoms with Crippen LogP contribution >= 0.6 is 0 Å². The fourth-order valence-corrected chi connectivity index (χ4v) is 2.67. The van der Waals surface area contributed by atoms with Gasteiger partial charge in [-0.05, 0) is 38.9 Å². The minimum Gasteiger partial charge on any atom is -0.377 e. The van der Waals surface area contributed by atoms with Crippen LogP contribution < -0.4 is 5.73 Å². The molecule has 3 unspecified atom stereocenters. The van der Waals surface area contributed by atoms with E-state index in [0.717, 1.165) is 25.3 Å². The highest BCUT2D eigenvalue weighted by atomic mass is 16.5. The predicted molar refractivity (Wildman–Crippen MR) is 72.2 cm³/mol. The van der Waals surface area contributed by atoms with Gasteiger partial charge < -0.3 is 10.5 Å². The molecule has 0 aliphatic carbocycles. The second-order valence-corrected chi connectivity index (χ2v) is 5.13. The van der Waals surface area contributed by atoms with E-state index in [4.69, 9.17) is 10.5 Å². The van der Waals surface area contributed by atoms with Crippen LogP contribution in [0.3, 0.4) is 0 Å². The molecule has 4 nitrogen and oxygen atoms in total. The zero-order chi connectivity index (χ0) is 13.0. The summed E-state index contributed by atoms with van der Waals surface area (Å²) in [5.74, 6) is 0. The summed E-state index contributed by atoms with van der Waals surface area (Å²) in [5, 5.41) is 0. The van der Waals surface area contributed by atoms with Crippen LogP contribution in [0.4, 0.5) is 0 Å². The Kier molecular flexibility index (Phi) is 4.69. The zero-order valence-electron chi connectivity index (χ0n) is 11.2. The molecule has 1 fully saturated rings. The van der Waals surface area contributed by atoms with Gasteiger partial charge in [0.1, 0.15) is 0 Å². The van der Waals surface area contributed by atoms with Crippen molar-refractivity contribution in [3.8, 4) is 0 Å². The van der Waals surface area contributed by atoms with Crippen LogP contribution in [0.15, 0.2) is 24.4 Å². The fraction of sp³-hybridized carbons (Fsp3) is 0.643. The Bertz CT molecular complexity index is 349. The van der Waals surface area contributed by atoms with Crippen molar-refractivity contribution < 1.29 is 4.74 Å². The zero-order valence-corrected chi connectivity index (χ0v) is 11.2. The minimum absolute atomic E-state index is 0.0475. The van der Waals surface area contributed by atoms with E-state index in [0.29, 0.717) is 6.10 Å². The molecule has 2 rings (SSSR count). The summed E-state index contributed by atoms with van der Waals surface area (Å²) < 4.78 is 5.69. The molecule has 2 N–H and O–H groups in total. The number of nitrogens with two attached hydrogens (primary N) is 1. The van der Waals surface area contributed by atoms with Gasteiger partial charge in [-0.2, -0.15) is 0 Å². The monoisotopic (exact) mass is 249 g/mol. The van der Waals surface area contributed by atoms with Crippen molar-refractivity contribution in [3.05, 3.63) is 30.1 Å². The lowest BCUT2D eigenvalue weighted by atomic mass is 10.0. The number of hydrogen-bond acceptors (Lipinski definition) is 4. The van der Waals surface area contributed by atoms with Crippen molar-refractivity contribution in [3.63, 3.8) is 0 Å². The quantitative estimate of drug-likeness (QED) is 0.861.